The van der Waals surface area contributed by atoms with Crippen molar-refractivity contribution in [2.45, 2.75) is 24.1 Å². The predicted molar refractivity (Wildman–Crippen MR) is 51.1 cm³/mol. The molecule has 1 atom stereocenters. The molecule has 3 heteroatoms. The van der Waals surface area contributed by atoms with E-state index >= 15 is 0 Å². The van der Waals surface area contributed by atoms with E-state index in [0.717, 1.165) is 17.6 Å². The third-order valence-electron chi connectivity index (χ3n) is 1.07. The van der Waals surface area contributed by atoms with Crippen LogP contribution >= 0.6 is 43.5 Å². The molecule has 0 spiro atoms. The maximum absolute atomic E-state index is 5.50. The zero-order chi connectivity index (χ0) is 7.11. The maximum atomic E-state index is 5.50. The molecule has 0 aromatic heterocycles. The van der Waals surface area contributed by atoms with Crippen molar-refractivity contribution in [1.29, 1.82) is 0 Å². The van der Waals surface area contributed by atoms with Gasteiger partial charge in [-0.1, -0.05) is 38.3 Å². The van der Waals surface area contributed by atoms with Crippen molar-refractivity contribution in [1.82, 2.24) is 0 Å². The van der Waals surface area contributed by atoms with Crippen LogP contribution in [0.3, 0.4) is 0 Å². The Morgan fingerprint density at radius 2 is 2.00 bits per heavy atom. The lowest BCUT2D eigenvalue weighted by atomic mass is 10.2. The van der Waals surface area contributed by atoms with Gasteiger partial charge in [-0.15, -0.1) is 11.6 Å². The Bertz CT molecular complexity index is 59.0. The fraction of sp³-hybridized carbons (Fsp3) is 1.00. The molecule has 9 heavy (non-hydrogen) atoms. The molecule has 0 fully saturated rings. The quantitative estimate of drug-likeness (QED) is 0.533. The van der Waals surface area contributed by atoms with Crippen molar-refractivity contribution >= 4 is 43.5 Å². The Morgan fingerprint density at radius 3 is 2.44 bits per heavy atom. The lowest BCUT2D eigenvalue weighted by Crippen LogP contribution is -1.97. The van der Waals surface area contributed by atoms with E-state index in [1.165, 1.54) is 12.8 Å². The van der Waals surface area contributed by atoms with Crippen LogP contribution in [0.15, 0.2) is 0 Å². The van der Waals surface area contributed by atoms with Gasteiger partial charge in [0.1, 0.15) is 0 Å². The summed E-state index contributed by atoms with van der Waals surface area (Å²) in [6.45, 7) is 0. The highest BCUT2D eigenvalue weighted by Gasteiger charge is 1.99. The molecule has 0 saturated heterocycles. The van der Waals surface area contributed by atoms with Gasteiger partial charge in [0, 0.05) is 16.0 Å². The molecule has 0 N–H and O–H groups in total. The third-order valence-corrected chi connectivity index (χ3v) is 3.77. The fourth-order valence-corrected chi connectivity index (χ4v) is 1.37. The highest BCUT2D eigenvalue weighted by Crippen LogP contribution is 2.12. The highest BCUT2D eigenvalue weighted by atomic mass is 79.9. The van der Waals surface area contributed by atoms with Crippen molar-refractivity contribution in [2.75, 3.05) is 11.2 Å². The lowest BCUT2D eigenvalue weighted by Gasteiger charge is -2.02. The normalized spacial score (nSPS) is 13.7. The summed E-state index contributed by atoms with van der Waals surface area (Å²) in [7, 11) is 0. The van der Waals surface area contributed by atoms with E-state index in [1.807, 2.05) is 0 Å². The summed E-state index contributed by atoms with van der Waals surface area (Å²) in [5.74, 6) is 0.794. The smallest absolute Gasteiger partial charge is 0.0242 e. The van der Waals surface area contributed by atoms with Crippen molar-refractivity contribution < 1.29 is 0 Å². The largest absolute Gasteiger partial charge is 0.127 e. The second-order valence-corrected chi connectivity index (χ2v) is 4.26. The van der Waals surface area contributed by atoms with Gasteiger partial charge in [-0.05, 0) is 12.8 Å². The van der Waals surface area contributed by atoms with Gasteiger partial charge < -0.3 is 0 Å². The van der Waals surface area contributed by atoms with Gasteiger partial charge in [0.05, 0.1) is 0 Å². The van der Waals surface area contributed by atoms with Crippen molar-refractivity contribution in [3.63, 3.8) is 0 Å². The van der Waals surface area contributed by atoms with Gasteiger partial charge in [-0.3, -0.25) is 0 Å². The Kier molecular flexibility index (Phi) is 8.38. The maximum Gasteiger partial charge on any atom is 0.0242 e. The number of hydrogen-bond acceptors (Lipinski definition) is 0. The minimum absolute atomic E-state index is 0.626. The summed E-state index contributed by atoms with van der Waals surface area (Å²) in [6.07, 6.45) is 3.58. The second-order valence-electron chi connectivity index (χ2n) is 1.94. The monoisotopic (exact) mass is 276 g/mol. The standard InChI is InChI=1S/C6H11Br2Cl/c7-5-6(8)3-1-2-4-9/h6H,1-5H2. The minimum atomic E-state index is 0.626. The van der Waals surface area contributed by atoms with Gasteiger partial charge in [0.2, 0.25) is 0 Å². The van der Waals surface area contributed by atoms with Crippen LogP contribution in [0.1, 0.15) is 19.3 Å². The third kappa shape index (κ3) is 7.14. The van der Waals surface area contributed by atoms with E-state index in [9.17, 15) is 0 Å². The second kappa shape index (κ2) is 7.36. The Balaban J connectivity index is 2.88. The van der Waals surface area contributed by atoms with Crippen LogP contribution in [-0.4, -0.2) is 16.0 Å². The van der Waals surface area contributed by atoms with Crippen LogP contribution in [0.5, 0.6) is 0 Å². The molecule has 0 saturated carbocycles. The first-order valence-corrected chi connectivity index (χ1v) is 5.64. The molecule has 1 unspecified atom stereocenters. The first-order chi connectivity index (χ1) is 4.31. The van der Waals surface area contributed by atoms with Crippen molar-refractivity contribution in [3.8, 4) is 0 Å². The van der Waals surface area contributed by atoms with Crippen molar-refractivity contribution in [2.24, 2.45) is 0 Å². The molecule has 0 aliphatic heterocycles. The van der Waals surface area contributed by atoms with E-state index in [0.29, 0.717) is 4.83 Å². The Morgan fingerprint density at radius 1 is 1.33 bits per heavy atom. The molecular weight excluding hydrogens is 267 g/mol. The molecule has 0 aliphatic carbocycles. The van der Waals surface area contributed by atoms with Gasteiger partial charge in [0.25, 0.3) is 0 Å². The molecule has 0 nitrogen and oxygen atoms in total. The zero-order valence-electron chi connectivity index (χ0n) is 5.25. The van der Waals surface area contributed by atoms with Crippen LogP contribution in [0.25, 0.3) is 0 Å². The van der Waals surface area contributed by atoms with Crippen LogP contribution in [0.4, 0.5) is 0 Å². The fourth-order valence-electron chi connectivity index (χ4n) is 0.537. The molecule has 0 amide bonds. The highest BCUT2D eigenvalue weighted by molar-refractivity contribution is 9.12. The Hall–Kier alpha value is 1.25. The molecule has 0 rings (SSSR count). The van der Waals surface area contributed by atoms with Gasteiger partial charge in [-0.2, -0.15) is 0 Å². The molecule has 56 valence electrons. The number of hydrogen-bond donors (Lipinski definition) is 0. The summed E-state index contributed by atoms with van der Waals surface area (Å²) >= 11 is 12.4. The van der Waals surface area contributed by atoms with Crippen LogP contribution in [0, 0.1) is 0 Å². The van der Waals surface area contributed by atoms with E-state index < -0.39 is 0 Å². The number of alkyl halides is 3. The SMILES string of the molecule is ClCCCCC(Br)CBr. The average molecular weight is 278 g/mol. The molecule has 0 aromatic rings. The molecule has 0 radical (unpaired) electrons. The summed E-state index contributed by atoms with van der Waals surface area (Å²) in [5, 5.41) is 1.04. The lowest BCUT2D eigenvalue weighted by molar-refractivity contribution is 0.728. The van der Waals surface area contributed by atoms with E-state index in [-0.39, 0.29) is 0 Å². The Labute approximate surface area is 78.6 Å². The molecule has 0 aromatic carbocycles. The summed E-state index contributed by atoms with van der Waals surface area (Å²) < 4.78 is 0. The van der Waals surface area contributed by atoms with Crippen molar-refractivity contribution in [3.05, 3.63) is 0 Å². The molecular formula is C6H11Br2Cl. The summed E-state index contributed by atoms with van der Waals surface area (Å²) in [6, 6.07) is 0. The van der Waals surface area contributed by atoms with E-state index in [1.54, 1.807) is 0 Å². The average Bonchev–Trinajstić information content (AvgIpc) is 1.89. The number of halogens is 3. The van der Waals surface area contributed by atoms with Gasteiger partial charge in [0.15, 0.2) is 0 Å². The van der Waals surface area contributed by atoms with Crippen LogP contribution < -0.4 is 0 Å². The van der Waals surface area contributed by atoms with Gasteiger partial charge >= 0.3 is 0 Å². The van der Waals surface area contributed by atoms with Crippen LogP contribution in [-0.2, 0) is 0 Å². The molecule has 0 heterocycles. The topological polar surface area (TPSA) is 0 Å². The molecule has 0 aliphatic rings. The summed E-state index contributed by atoms with van der Waals surface area (Å²) in [5.41, 5.74) is 0. The number of rotatable bonds is 5. The van der Waals surface area contributed by atoms with Crippen LogP contribution in [0.2, 0.25) is 0 Å². The first-order valence-electron chi connectivity index (χ1n) is 3.07. The molecule has 0 bridgehead atoms. The summed E-state index contributed by atoms with van der Waals surface area (Å²) in [4.78, 5) is 0.626. The predicted octanol–water partition coefficient (Wildman–Crippen LogP) is 3.55. The van der Waals surface area contributed by atoms with Gasteiger partial charge in [-0.25, -0.2) is 0 Å². The zero-order valence-corrected chi connectivity index (χ0v) is 9.17. The first kappa shape index (κ1) is 10.2. The number of unbranched alkanes of at least 4 members (excludes halogenated alkanes) is 1. The van der Waals surface area contributed by atoms with E-state index in [2.05, 4.69) is 31.9 Å². The van der Waals surface area contributed by atoms with E-state index in [4.69, 9.17) is 11.6 Å². The minimum Gasteiger partial charge on any atom is -0.127 e.